The summed E-state index contributed by atoms with van der Waals surface area (Å²) in [4.78, 5) is 2.78. The molecule has 1 saturated heterocycles. The second-order valence-electron chi connectivity index (χ2n) is 8.34. The van der Waals surface area contributed by atoms with E-state index in [1.54, 1.807) is 0 Å². The van der Waals surface area contributed by atoms with Gasteiger partial charge in [-0.2, -0.15) is 0 Å². The first-order chi connectivity index (χ1) is 10.0. The Hall–Kier alpha value is -0.0800. The SMILES string of the molecule is CCNC1CCC(C)(C)CC1CN1CCCC(CC)CC1. The fraction of sp³-hybridized carbons (Fsp3) is 1.00. The smallest absolute Gasteiger partial charge is 0.0108 e. The molecule has 2 rings (SSSR count). The quantitative estimate of drug-likeness (QED) is 0.813. The van der Waals surface area contributed by atoms with Gasteiger partial charge in [-0.25, -0.2) is 0 Å². The summed E-state index contributed by atoms with van der Waals surface area (Å²) in [6, 6.07) is 0.758. The van der Waals surface area contributed by atoms with Gasteiger partial charge in [0.15, 0.2) is 0 Å². The van der Waals surface area contributed by atoms with Crippen molar-refractivity contribution in [2.45, 2.75) is 78.7 Å². The minimum absolute atomic E-state index is 0.550. The number of nitrogens with zero attached hydrogens (tertiary/aromatic N) is 1. The average Bonchev–Trinajstić information content (AvgIpc) is 2.67. The van der Waals surface area contributed by atoms with E-state index < -0.39 is 0 Å². The van der Waals surface area contributed by atoms with Gasteiger partial charge in [0.25, 0.3) is 0 Å². The van der Waals surface area contributed by atoms with Gasteiger partial charge in [0, 0.05) is 12.6 Å². The summed E-state index contributed by atoms with van der Waals surface area (Å²) in [5, 5.41) is 3.77. The molecule has 0 aromatic carbocycles. The Morgan fingerprint density at radius 1 is 1.10 bits per heavy atom. The Morgan fingerprint density at radius 2 is 1.90 bits per heavy atom. The first kappa shape index (κ1) is 17.3. The molecule has 1 aliphatic carbocycles. The first-order valence-electron chi connectivity index (χ1n) is 9.50. The third kappa shape index (κ3) is 5.25. The lowest BCUT2D eigenvalue weighted by molar-refractivity contribution is 0.101. The zero-order valence-electron chi connectivity index (χ0n) is 15.0. The third-order valence-electron chi connectivity index (χ3n) is 5.99. The molecule has 0 radical (unpaired) electrons. The Balaban J connectivity index is 1.91. The van der Waals surface area contributed by atoms with Crippen molar-refractivity contribution >= 4 is 0 Å². The molecule has 1 aliphatic heterocycles. The molecule has 3 atom stereocenters. The zero-order chi connectivity index (χ0) is 15.3. The molecule has 1 saturated carbocycles. The van der Waals surface area contributed by atoms with Crippen molar-refractivity contribution in [3.8, 4) is 0 Å². The summed E-state index contributed by atoms with van der Waals surface area (Å²) in [7, 11) is 0. The molecule has 1 N–H and O–H groups in total. The molecular formula is C19H38N2. The number of likely N-dealkylation sites (tertiary alicyclic amines) is 1. The Kier molecular flexibility index (Phi) is 6.55. The van der Waals surface area contributed by atoms with Crippen molar-refractivity contribution < 1.29 is 0 Å². The van der Waals surface area contributed by atoms with Crippen LogP contribution >= 0.6 is 0 Å². The van der Waals surface area contributed by atoms with E-state index in [1.165, 1.54) is 64.6 Å². The topological polar surface area (TPSA) is 15.3 Å². The predicted molar refractivity (Wildman–Crippen MR) is 92.7 cm³/mol. The minimum Gasteiger partial charge on any atom is -0.314 e. The normalized spacial score (nSPS) is 34.6. The van der Waals surface area contributed by atoms with Crippen molar-refractivity contribution in [2.75, 3.05) is 26.2 Å². The standard InChI is InChI=1S/C19H38N2/c1-5-16-8-7-12-21(13-10-16)15-17-14-19(3,4)11-9-18(17)20-6-2/h16-18,20H,5-15H2,1-4H3. The van der Waals surface area contributed by atoms with Crippen LogP contribution in [0.25, 0.3) is 0 Å². The van der Waals surface area contributed by atoms with Crippen LogP contribution in [0.4, 0.5) is 0 Å². The number of hydrogen-bond acceptors (Lipinski definition) is 2. The molecule has 2 heteroatoms. The number of hydrogen-bond donors (Lipinski definition) is 1. The highest BCUT2D eigenvalue weighted by Gasteiger charge is 2.35. The van der Waals surface area contributed by atoms with E-state index in [1.807, 2.05) is 0 Å². The van der Waals surface area contributed by atoms with E-state index in [0.29, 0.717) is 5.41 Å². The molecule has 21 heavy (non-hydrogen) atoms. The molecule has 3 unspecified atom stereocenters. The van der Waals surface area contributed by atoms with Crippen LogP contribution in [-0.4, -0.2) is 37.1 Å². The van der Waals surface area contributed by atoms with Gasteiger partial charge in [-0.1, -0.05) is 34.1 Å². The van der Waals surface area contributed by atoms with E-state index >= 15 is 0 Å². The summed E-state index contributed by atoms with van der Waals surface area (Å²) in [5.74, 6) is 1.84. The van der Waals surface area contributed by atoms with Crippen molar-refractivity contribution in [3.05, 3.63) is 0 Å². The molecule has 0 bridgehead atoms. The van der Waals surface area contributed by atoms with Crippen LogP contribution in [0.15, 0.2) is 0 Å². The van der Waals surface area contributed by atoms with Crippen molar-refractivity contribution in [1.29, 1.82) is 0 Å². The zero-order valence-corrected chi connectivity index (χ0v) is 15.0. The Labute approximate surface area is 133 Å². The highest BCUT2D eigenvalue weighted by Crippen LogP contribution is 2.39. The van der Waals surface area contributed by atoms with Gasteiger partial charge in [0.2, 0.25) is 0 Å². The van der Waals surface area contributed by atoms with E-state index in [2.05, 4.69) is 37.9 Å². The largest absolute Gasteiger partial charge is 0.314 e. The third-order valence-corrected chi connectivity index (χ3v) is 5.99. The average molecular weight is 295 g/mol. The molecule has 0 aromatic rings. The predicted octanol–water partition coefficient (Wildman–Crippen LogP) is 4.30. The van der Waals surface area contributed by atoms with Crippen molar-refractivity contribution in [1.82, 2.24) is 10.2 Å². The molecule has 0 aromatic heterocycles. The van der Waals surface area contributed by atoms with E-state index in [9.17, 15) is 0 Å². The van der Waals surface area contributed by atoms with Crippen molar-refractivity contribution in [2.24, 2.45) is 17.3 Å². The van der Waals surface area contributed by atoms with Crippen LogP contribution in [0.5, 0.6) is 0 Å². The lowest BCUT2D eigenvalue weighted by atomic mass is 9.69. The van der Waals surface area contributed by atoms with Crippen LogP contribution in [0.1, 0.15) is 72.6 Å². The minimum atomic E-state index is 0.550. The molecule has 0 spiro atoms. The van der Waals surface area contributed by atoms with Gasteiger partial charge >= 0.3 is 0 Å². The first-order valence-corrected chi connectivity index (χ1v) is 9.50. The van der Waals surface area contributed by atoms with Crippen LogP contribution in [-0.2, 0) is 0 Å². The summed E-state index contributed by atoms with van der Waals surface area (Å²) >= 11 is 0. The fourth-order valence-electron chi connectivity index (χ4n) is 4.61. The molecule has 1 heterocycles. The Morgan fingerprint density at radius 3 is 2.62 bits per heavy atom. The van der Waals surface area contributed by atoms with Gasteiger partial charge in [-0.05, 0) is 75.4 Å². The summed E-state index contributed by atoms with van der Waals surface area (Å²) in [6.45, 7) is 14.7. The molecular weight excluding hydrogens is 256 g/mol. The summed E-state index contributed by atoms with van der Waals surface area (Å²) < 4.78 is 0. The summed E-state index contributed by atoms with van der Waals surface area (Å²) in [6.07, 6.45) is 9.84. The number of rotatable bonds is 5. The fourth-order valence-corrected chi connectivity index (χ4v) is 4.61. The maximum Gasteiger partial charge on any atom is 0.0108 e. The molecule has 0 amide bonds. The molecule has 2 aliphatic rings. The van der Waals surface area contributed by atoms with Gasteiger partial charge < -0.3 is 10.2 Å². The van der Waals surface area contributed by atoms with E-state index in [-0.39, 0.29) is 0 Å². The number of nitrogens with one attached hydrogen (secondary N) is 1. The molecule has 2 nitrogen and oxygen atoms in total. The molecule has 124 valence electrons. The highest BCUT2D eigenvalue weighted by atomic mass is 15.1. The monoisotopic (exact) mass is 294 g/mol. The maximum atomic E-state index is 3.77. The van der Waals surface area contributed by atoms with Gasteiger partial charge in [0.05, 0.1) is 0 Å². The lowest BCUT2D eigenvalue weighted by Gasteiger charge is -2.43. The second kappa shape index (κ2) is 7.97. The van der Waals surface area contributed by atoms with Gasteiger partial charge in [-0.3, -0.25) is 0 Å². The maximum absolute atomic E-state index is 3.77. The van der Waals surface area contributed by atoms with Crippen LogP contribution in [0, 0.1) is 17.3 Å². The highest BCUT2D eigenvalue weighted by molar-refractivity contribution is 4.90. The lowest BCUT2D eigenvalue weighted by Crippen LogP contribution is -2.47. The van der Waals surface area contributed by atoms with Crippen LogP contribution in [0.2, 0.25) is 0 Å². The Bertz CT molecular complexity index is 300. The van der Waals surface area contributed by atoms with E-state index in [0.717, 1.165) is 24.4 Å². The summed E-state index contributed by atoms with van der Waals surface area (Å²) in [5.41, 5.74) is 0.550. The van der Waals surface area contributed by atoms with Gasteiger partial charge in [0.1, 0.15) is 0 Å². The van der Waals surface area contributed by atoms with Gasteiger partial charge in [-0.15, -0.1) is 0 Å². The molecule has 2 fully saturated rings. The second-order valence-corrected chi connectivity index (χ2v) is 8.34. The van der Waals surface area contributed by atoms with Crippen molar-refractivity contribution in [3.63, 3.8) is 0 Å². The van der Waals surface area contributed by atoms with Crippen LogP contribution in [0.3, 0.4) is 0 Å². The van der Waals surface area contributed by atoms with Crippen LogP contribution < -0.4 is 5.32 Å². The van der Waals surface area contributed by atoms with E-state index in [4.69, 9.17) is 0 Å².